The number of aromatic nitrogens is 4. The van der Waals surface area contributed by atoms with Crippen molar-refractivity contribution in [1.82, 2.24) is 24.6 Å². The van der Waals surface area contributed by atoms with Crippen LogP contribution in [0.1, 0.15) is 33.5 Å². The molecule has 1 aliphatic rings. The summed E-state index contributed by atoms with van der Waals surface area (Å²) < 4.78 is 1.65. The largest absolute Gasteiger partial charge is 0.340 e. The van der Waals surface area contributed by atoms with E-state index in [9.17, 15) is 14.4 Å². The molecule has 1 aliphatic heterocycles. The van der Waals surface area contributed by atoms with Crippen molar-refractivity contribution in [2.45, 2.75) is 19.9 Å². The number of benzene rings is 2. The Labute approximate surface area is 200 Å². The molecule has 0 saturated carbocycles. The van der Waals surface area contributed by atoms with E-state index in [4.69, 9.17) is 0 Å². The minimum absolute atomic E-state index is 0.309. The van der Waals surface area contributed by atoms with Crippen LogP contribution in [0, 0.1) is 6.92 Å². The molecule has 0 fully saturated rings. The molecule has 0 saturated heterocycles. The Kier molecular flexibility index (Phi) is 5.54. The predicted octanol–water partition coefficient (Wildman–Crippen LogP) is 3.34. The van der Waals surface area contributed by atoms with Crippen LogP contribution in [-0.2, 0) is 4.79 Å². The van der Waals surface area contributed by atoms with Gasteiger partial charge in [-0.25, -0.2) is 14.6 Å². The van der Waals surface area contributed by atoms with E-state index in [-0.39, 0.29) is 0 Å². The summed E-state index contributed by atoms with van der Waals surface area (Å²) in [7, 11) is 0. The Bertz CT molecular complexity index is 1400. The standard InChI is InChI=1S/C25H21N7O3/c1-15(32-24(34)19-6-3-4-7-20(19)25(32)35)23(33)30-18-10-8-17(9-11-18)29-21-14-22(28-16(2)27-21)31-13-5-12-26-31/h3-15H,1-2H3,(H,30,33)(H,27,28,29)/t15-/m0/s1. The molecular formula is C25H21N7O3. The van der Waals surface area contributed by atoms with E-state index in [1.165, 1.54) is 6.92 Å². The van der Waals surface area contributed by atoms with E-state index in [0.29, 0.717) is 34.3 Å². The van der Waals surface area contributed by atoms with Gasteiger partial charge in [-0.05, 0) is 56.3 Å². The van der Waals surface area contributed by atoms with Crippen molar-refractivity contribution in [3.8, 4) is 5.82 Å². The molecule has 5 rings (SSSR count). The second kappa shape index (κ2) is 8.82. The molecule has 3 heterocycles. The Balaban J connectivity index is 1.26. The number of rotatable bonds is 6. The number of hydrogen-bond donors (Lipinski definition) is 2. The molecular weight excluding hydrogens is 446 g/mol. The lowest BCUT2D eigenvalue weighted by Gasteiger charge is -2.21. The van der Waals surface area contributed by atoms with E-state index in [1.54, 1.807) is 78.6 Å². The molecule has 3 amide bonds. The zero-order valence-corrected chi connectivity index (χ0v) is 19.0. The molecule has 174 valence electrons. The summed E-state index contributed by atoms with van der Waals surface area (Å²) in [5.74, 6) is 0.418. The number of anilines is 3. The van der Waals surface area contributed by atoms with Crippen molar-refractivity contribution in [3.05, 3.63) is 90.0 Å². The minimum Gasteiger partial charge on any atom is -0.340 e. The maximum atomic E-state index is 12.8. The van der Waals surface area contributed by atoms with Crippen LogP contribution in [0.5, 0.6) is 0 Å². The van der Waals surface area contributed by atoms with Crippen LogP contribution >= 0.6 is 0 Å². The van der Waals surface area contributed by atoms with Gasteiger partial charge < -0.3 is 10.6 Å². The van der Waals surface area contributed by atoms with Crippen molar-refractivity contribution in [1.29, 1.82) is 0 Å². The van der Waals surface area contributed by atoms with Crippen molar-refractivity contribution >= 4 is 34.9 Å². The van der Waals surface area contributed by atoms with E-state index in [2.05, 4.69) is 25.7 Å². The van der Waals surface area contributed by atoms with Crippen LogP contribution in [0.2, 0.25) is 0 Å². The second-order valence-electron chi connectivity index (χ2n) is 8.00. The number of nitrogens with zero attached hydrogens (tertiary/aromatic N) is 5. The third-order valence-electron chi connectivity index (χ3n) is 5.58. The molecule has 2 aromatic carbocycles. The van der Waals surface area contributed by atoms with Gasteiger partial charge in [0, 0.05) is 29.8 Å². The van der Waals surface area contributed by atoms with E-state index in [0.717, 1.165) is 10.6 Å². The monoisotopic (exact) mass is 467 g/mol. The van der Waals surface area contributed by atoms with Crippen molar-refractivity contribution in [2.24, 2.45) is 0 Å². The Morgan fingerprint density at radius 3 is 2.20 bits per heavy atom. The Hall–Kier alpha value is -4.86. The number of fused-ring (bicyclic) bond motifs is 1. The first-order valence-corrected chi connectivity index (χ1v) is 10.9. The summed E-state index contributed by atoms with van der Waals surface area (Å²) in [6, 6.07) is 16.2. The minimum atomic E-state index is -0.968. The average molecular weight is 467 g/mol. The van der Waals surface area contributed by atoms with E-state index < -0.39 is 23.8 Å². The first-order valence-electron chi connectivity index (χ1n) is 10.9. The molecule has 0 bridgehead atoms. The number of nitrogens with one attached hydrogen (secondary N) is 2. The van der Waals surface area contributed by atoms with Crippen molar-refractivity contribution in [2.75, 3.05) is 10.6 Å². The fraction of sp³-hybridized carbons (Fsp3) is 0.120. The number of imide groups is 1. The topological polar surface area (TPSA) is 122 Å². The van der Waals surface area contributed by atoms with Gasteiger partial charge in [-0.2, -0.15) is 5.10 Å². The molecule has 1 atom stereocenters. The van der Waals surface area contributed by atoms with Gasteiger partial charge in [0.25, 0.3) is 11.8 Å². The van der Waals surface area contributed by atoms with Gasteiger partial charge in [0.05, 0.1) is 11.1 Å². The number of carbonyl (C=O) groups excluding carboxylic acids is 3. The lowest BCUT2D eigenvalue weighted by molar-refractivity contribution is -0.119. The van der Waals surface area contributed by atoms with Crippen LogP contribution in [-0.4, -0.2) is 48.4 Å². The smallest absolute Gasteiger partial charge is 0.262 e. The van der Waals surface area contributed by atoms with Crippen LogP contribution in [0.4, 0.5) is 17.2 Å². The van der Waals surface area contributed by atoms with Crippen molar-refractivity contribution < 1.29 is 14.4 Å². The summed E-state index contributed by atoms with van der Waals surface area (Å²) >= 11 is 0. The number of hydrogen-bond acceptors (Lipinski definition) is 7. The van der Waals surface area contributed by atoms with E-state index >= 15 is 0 Å². The van der Waals surface area contributed by atoms with Crippen LogP contribution in [0.25, 0.3) is 5.82 Å². The summed E-state index contributed by atoms with van der Waals surface area (Å²) in [5.41, 5.74) is 1.90. The molecule has 0 aliphatic carbocycles. The number of aryl methyl sites for hydroxylation is 1. The van der Waals surface area contributed by atoms with Gasteiger partial charge in [0.15, 0.2) is 5.82 Å². The third kappa shape index (κ3) is 4.24. The molecule has 2 aromatic heterocycles. The van der Waals surface area contributed by atoms with Gasteiger partial charge in [-0.15, -0.1) is 0 Å². The second-order valence-corrected chi connectivity index (χ2v) is 8.00. The predicted molar refractivity (Wildman–Crippen MR) is 129 cm³/mol. The lowest BCUT2D eigenvalue weighted by atomic mass is 10.1. The third-order valence-corrected chi connectivity index (χ3v) is 5.58. The van der Waals surface area contributed by atoms with Gasteiger partial charge in [0.1, 0.15) is 17.7 Å². The fourth-order valence-electron chi connectivity index (χ4n) is 3.85. The Morgan fingerprint density at radius 2 is 1.57 bits per heavy atom. The summed E-state index contributed by atoms with van der Waals surface area (Å²) in [4.78, 5) is 47.9. The molecule has 0 spiro atoms. The highest BCUT2D eigenvalue weighted by Crippen LogP contribution is 2.25. The van der Waals surface area contributed by atoms with Crippen LogP contribution in [0.15, 0.2) is 73.1 Å². The molecule has 4 aromatic rings. The summed E-state index contributed by atoms with van der Waals surface area (Å²) in [6.45, 7) is 3.33. The quantitative estimate of drug-likeness (QED) is 0.417. The maximum absolute atomic E-state index is 12.8. The van der Waals surface area contributed by atoms with Crippen LogP contribution < -0.4 is 10.6 Å². The zero-order chi connectivity index (χ0) is 24.5. The molecule has 2 N–H and O–H groups in total. The molecule has 10 nitrogen and oxygen atoms in total. The summed E-state index contributed by atoms with van der Waals surface area (Å²) in [6.07, 6.45) is 3.47. The number of amides is 3. The molecule has 10 heteroatoms. The van der Waals surface area contributed by atoms with Gasteiger partial charge >= 0.3 is 0 Å². The van der Waals surface area contributed by atoms with Gasteiger partial charge in [0.2, 0.25) is 5.91 Å². The van der Waals surface area contributed by atoms with Crippen molar-refractivity contribution in [3.63, 3.8) is 0 Å². The normalized spacial score (nSPS) is 13.5. The highest BCUT2D eigenvalue weighted by molar-refractivity contribution is 6.23. The average Bonchev–Trinajstić information content (AvgIpc) is 3.47. The molecule has 0 radical (unpaired) electrons. The van der Waals surface area contributed by atoms with E-state index in [1.807, 2.05) is 6.07 Å². The fourth-order valence-corrected chi connectivity index (χ4v) is 3.85. The zero-order valence-electron chi connectivity index (χ0n) is 19.0. The molecule has 0 unspecified atom stereocenters. The highest BCUT2D eigenvalue weighted by atomic mass is 16.2. The van der Waals surface area contributed by atoms with Gasteiger partial charge in [-0.1, -0.05) is 12.1 Å². The maximum Gasteiger partial charge on any atom is 0.262 e. The first-order chi connectivity index (χ1) is 16.9. The number of carbonyl (C=O) groups is 3. The Morgan fingerprint density at radius 1 is 0.914 bits per heavy atom. The van der Waals surface area contributed by atoms with Gasteiger partial charge in [-0.3, -0.25) is 19.3 Å². The van der Waals surface area contributed by atoms with Crippen LogP contribution in [0.3, 0.4) is 0 Å². The first kappa shape index (κ1) is 22.0. The lowest BCUT2D eigenvalue weighted by Crippen LogP contribution is -2.45. The molecule has 35 heavy (non-hydrogen) atoms. The SMILES string of the molecule is Cc1nc(Nc2ccc(NC(=O)[C@H](C)N3C(=O)c4ccccc4C3=O)cc2)cc(-n2cccn2)n1. The summed E-state index contributed by atoms with van der Waals surface area (Å²) in [5, 5.41) is 10.2. The highest BCUT2D eigenvalue weighted by Gasteiger charge is 2.40.